The average Bonchev–Trinajstić information content (AvgIpc) is 3.32. The zero-order valence-electron chi connectivity index (χ0n) is 19.9. The standard InChI is InChI=1S/C27H31ClN6O/c1-2-13-29-22-11-14-33(15-12-22)25-6-4-3-5-24(25)32-27(35)20-16-30-26-23(17-31-34(26)18-20)19-7-9-21(28)10-8-19/h3-10,16-17,22,29-30H,2,11-15,18H2,1H3,(H,32,35). The van der Waals surface area contributed by atoms with Gasteiger partial charge in [-0.25, -0.2) is 4.68 Å². The van der Waals surface area contributed by atoms with Crippen LogP contribution in [-0.2, 0) is 11.3 Å². The number of fused-ring (bicyclic) bond motifs is 1. The Morgan fingerprint density at radius 1 is 1.14 bits per heavy atom. The lowest BCUT2D eigenvalue weighted by atomic mass is 10.0. The fourth-order valence-electron chi connectivity index (χ4n) is 4.73. The predicted molar refractivity (Wildman–Crippen MR) is 143 cm³/mol. The number of amides is 1. The van der Waals surface area contributed by atoms with Crippen LogP contribution in [0.4, 0.5) is 17.2 Å². The van der Waals surface area contributed by atoms with Crippen molar-refractivity contribution in [2.75, 3.05) is 35.2 Å². The van der Waals surface area contributed by atoms with Crippen molar-refractivity contribution in [3.63, 3.8) is 0 Å². The summed E-state index contributed by atoms with van der Waals surface area (Å²) in [4.78, 5) is 15.6. The minimum atomic E-state index is -0.126. The molecule has 2 aliphatic heterocycles. The quantitative estimate of drug-likeness (QED) is 0.428. The van der Waals surface area contributed by atoms with Crippen molar-refractivity contribution in [3.8, 4) is 11.1 Å². The minimum Gasteiger partial charge on any atom is -0.370 e. The molecule has 0 spiro atoms. The molecule has 3 aromatic rings. The molecule has 8 heteroatoms. The van der Waals surface area contributed by atoms with E-state index >= 15 is 0 Å². The van der Waals surface area contributed by atoms with Crippen molar-refractivity contribution in [2.45, 2.75) is 38.8 Å². The summed E-state index contributed by atoms with van der Waals surface area (Å²) in [5.41, 5.74) is 4.53. The van der Waals surface area contributed by atoms with Gasteiger partial charge in [0.2, 0.25) is 0 Å². The maximum atomic E-state index is 13.2. The number of hydrogen-bond acceptors (Lipinski definition) is 5. The first-order valence-corrected chi connectivity index (χ1v) is 12.7. The summed E-state index contributed by atoms with van der Waals surface area (Å²) >= 11 is 6.03. The summed E-state index contributed by atoms with van der Waals surface area (Å²) in [5.74, 6) is 0.738. The number of hydrogen-bond donors (Lipinski definition) is 3. The van der Waals surface area contributed by atoms with Crippen molar-refractivity contribution < 1.29 is 4.79 Å². The number of aromatic nitrogens is 2. The van der Waals surface area contributed by atoms with Crippen LogP contribution in [0, 0.1) is 0 Å². The molecule has 1 amide bonds. The Bertz CT molecular complexity index is 1210. The van der Waals surface area contributed by atoms with Gasteiger partial charge in [-0.15, -0.1) is 0 Å². The molecule has 7 nitrogen and oxygen atoms in total. The van der Waals surface area contributed by atoms with Gasteiger partial charge in [0.05, 0.1) is 29.7 Å². The molecule has 0 saturated carbocycles. The van der Waals surface area contributed by atoms with Crippen molar-refractivity contribution in [1.82, 2.24) is 15.1 Å². The Morgan fingerprint density at radius 2 is 1.91 bits per heavy atom. The van der Waals surface area contributed by atoms with Crippen LogP contribution in [0.2, 0.25) is 5.02 Å². The highest BCUT2D eigenvalue weighted by Gasteiger charge is 2.24. The van der Waals surface area contributed by atoms with Crippen LogP contribution >= 0.6 is 11.6 Å². The molecule has 1 fully saturated rings. The first kappa shape index (κ1) is 23.5. The van der Waals surface area contributed by atoms with E-state index in [0.29, 0.717) is 23.2 Å². The first-order valence-electron chi connectivity index (χ1n) is 12.3. The van der Waals surface area contributed by atoms with Crippen LogP contribution in [0.3, 0.4) is 0 Å². The number of anilines is 3. The Hall–Kier alpha value is -3.29. The van der Waals surface area contributed by atoms with Gasteiger partial charge in [-0.1, -0.05) is 42.8 Å². The van der Waals surface area contributed by atoms with Gasteiger partial charge >= 0.3 is 0 Å². The Labute approximate surface area is 211 Å². The van der Waals surface area contributed by atoms with Gasteiger partial charge < -0.3 is 20.9 Å². The molecule has 182 valence electrons. The van der Waals surface area contributed by atoms with E-state index in [1.54, 1.807) is 6.20 Å². The topological polar surface area (TPSA) is 74.2 Å². The smallest absolute Gasteiger partial charge is 0.255 e. The molecule has 0 atom stereocenters. The van der Waals surface area contributed by atoms with Crippen LogP contribution < -0.4 is 20.9 Å². The minimum absolute atomic E-state index is 0.126. The maximum Gasteiger partial charge on any atom is 0.255 e. The van der Waals surface area contributed by atoms with Crippen LogP contribution in [0.1, 0.15) is 26.2 Å². The Balaban J connectivity index is 1.25. The third kappa shape index (κ3) is 5.21. The second kappa shape index (κ2) is 10.5. The summed E-state index contributed by atoms with van der Waals surface area (Å²) in [6.07, 6.45) is 6.96. The number of halogens is 1. The van der Waals surface area contributed by atoms with Crippen molar-refractivity contribution in [2.24, 2.45) is 0 Å². The fourth-order valence-corrected chi connectivity index (χ4v) is 4.85. The normalized spacial score (nSPS) is 15.8. The van der Waals surface area contributed by atoms with Crippen LogP contribution in [0.15, 0.2) is 66.5 Å². The van der Waals surface area contributed by atoms with Gasteiger partial charge in [0.25, 0.3) is 5.91 Å². The molecule has 3 N–H and O–H groups in total. The second-order valence-electron chi connectivity index (χ2n) is 9.07. The SMILES string of the molecule is CCCNC1CCN(c2ccccc2NC(=O)C2=CNc3c(-c4ccc(Cl)cc4)cnn3C2)CC1. The Morgan fingerprint density at radius 3 is 2.69 bits per heavy atom. The molecule has 5 rings (SSSR count). The fraction of sp³-hybridized carbons (Fsp3) is 0.333. The van der Waals surface area contributed by atoms with Gasteiger partial charge in [-0.05, 0) is 55.6 Å². The predicted octanol–water partition coefficient (Wildman–Crippen LogP) is 5.12. The average molecular weight is 491 g/mol. The number of piperidine rings is 1. The number of carbonyl (C=O) groups is 1. The van der Waals surface area contributed by atoms with Gasteiger partial charge in [0.15, 0.2) is 0 Å². The summed E-state index contributed by atoms with van der Waals surface area (Å²) in [7, 11) is 0. The second-order valence-corrected chi connectivity index (χ2v) is 9.51. The van der Waals surface area contributed by atoms with Gasteiger partial charge in [0, 0.05) is 35.9 Å². The largest absolute Gasteiger partial charge is 0.370 e. The number of carbonyl (C=O) groups excluding carboxylic acids is 1. The molecule has 0 aliphatic carbocycles. The first-order chi connectivity index (χ1) is 17.1. The molecule has 2 aliphatic rings. The monoisotopic (exact) mass is 490 g/mol. The summed E-state index contributed by atoms with van der Waals surface area (Å²) in [6.45, 7) is 5.62. The highest BCUT2D eigenvalue weighted by molar-refractivity contribution is 6.30. The Kier molecular flexibility index (Phi) is 7.06. The molecule has 0 radical (unpaired) electrons. The van der Waals surface area contributed by atoms with Gasteiger partial charge in [0.1, 0.15) is 5.82 Å². The molecule has 0 bridgehead atoms. The van der Waals surface area contributed by atoms with E-state index in [-0.39, 0.29) is 5.91 Å². The lowest BCUT2D eigenvalue weighted by molar-refractivity contribution is -0.113. The molecule has 2 aromatic carbocycles. The molecule has 1 saturated heterocycles. The van der Waals surface area contributed by atoms with Crippen molar-refractivity contribution in [1.29, 1.82) is 0 Å². The van der Waals surface area contributed by atoms with Crippen LogP contribution in [0.25, 0.3) is 11.1 Å². The molecular formula is C27H31ClN6O. The number of nitrogens with one attached hydrogen (secondary N) is 3. The molecule has 1 aromatic heterocycles. The van der Waals surface area contributed by atoms with E-state index in [9.17, 15) is 4.79 Å². The van der Waals surface area contributed by atoms with E-state index in [2.05, 4.69) is 38.9 Å². The van der Waals surface area contributed by atoms with Gasteiger partial charge in [-0.2, -0.15) is 5.10 Å². The van der Waals surface area contributed by atoms with E-state index in [1.165, 1.54) is 0 Å². The maximum absolute atomic E-state index is 13.2. The third-order valence-electron chi connectivity index (χ3n) is 6.66. The number of rotatable bonds is 7. The zero-order chi connectivity index (χ0) is 24.2. The molecular weight excluding hydrogens is 460 g/mol. The molecule has 0 unspecified atom stereocenters. The molecule has 3 heterocycles. The third-order valence-corrected chi connectivity index (χ3v) is 6.91. The highest BCUT2D eigenvalue weighted by atomic mass is 35.5. The summed E-state index contributed by atoms with van der Waals surface area (Å²) < 4.78 is 1.82. The highest BCUT2D eigenvalue weighted by Crippen LogP contribution is 2.32. The van der Waals surface area contributed by atoms with Crippen LogP contribution in [-0.4, -0.2) is 41.4 Å². The van der Waals surface area contributed by atoms with Crippen LogP contribution in [0.5, 0.6) is 0 Å². The number of nitrogens with zero attached hydrogens (tertiary/aromatic N) is 3. The lowest BCUT2D eigenvalue weighted by Gasteiger charge is -2.35. The number of benzene rings is 2. The summed E-state index contributed by atoms with van der Waals surface area (Å²) in [5, 5.41) is 15.2. The van der Waals surface area contributed by atoms with Gasteiger partial charge in [-0.3, -0.25) is 4.79 Å². The van der Waals surface area contributed by atoms with E-state index in [1.807, 2.05) is 53.3 Å². The number of para-hydroxylation sites is 2. The van der Waals surface area contributed by atoms with E-state index < -0.39 is 0 Å². The molecule has 35 heavy (non-hydrogen) atoms. The van der Waals surface area contributed by atoms with Crippen molar-refractivity contribution >= 4 is 34.7 Å². The lowest BCUT2D eigenvalue weighted by Crippen LogP contribution is -2.43. The van der Waals surface area contributed by atoms with E-state index in [4.69, 9.17) is 11.6 Å². The van der Waals surface area contributed by atoms with E-state index in [0.717, 1.165) is 67.2 Å². The zero-order valence-corrected chi connectivity index (χ0v) is 20.7. The van der Waals surface area contributed by atoms with Crippen molar-refractivity contribution in [3.05, 3.63) is 71.5 Å². The summed E-state index contributed by atoms with van der Waals surface area (Å²) in [6, 6.07) is 16.3.